The summed E-state index contributed by atoms with van der Waals surface area (Å²) in [5.41, 5.74) is 4.69. The van der Waals surface area contributed by atoms with Crippen LogP contribution in [0, 0.1) is 5.92 Å². The van der Waals surface area contributed by atoms with E-state index < -0.39 is 17.8 Å². The van der Waals surface area contributed by atoms with Gasteiger partial charge < -0.3 is 4.84 Å². The van der Waals surface area contributed by atoms with Gasteiger partial charge in [-0.25, -0.2) is 4.79 Å². The van der Waals surface area contributed by atoms with E-state index in [2.05, 4.69) is 26.0 Å². The molecule has 28 heavy (non-hydrogen) atoms. The Labute approximate surface area is 167 Å². The van der Waals surface area contributed by atoms with Crippen molar-refractivity contribution in [3.63, 3.8) is 0 Å². The van der Waals surface area contributed by atoms with Crippen LogP contribution in [0.25, 0.3) is 0 Å². The van der Waals surface area contributed by atoms with Crippen molar-refractivity contribution in [2.24, 2.45) is 5.92 Å². The average molecular weight is 383 g/mol. The number of hydroxylamine groups is 2. The SMILES string of the molecule is CC1=C(/C=C/C(C)=C/C=C/C(C)=C/C(=O)ON2C(=O)CCC2=O)C(C)CCC1. The number of imide groups is 1. The van der Waals surface area contributed by atoms with Crippen LogP contribution >= 0.6 is 0 Å². The van der Waals surface area contributed by atoms with Crippen LogP contribution in [0.3, 0.4) is 0 Å². The largest absolute Gasteiger partial charge is 0.357 e. The quantitative estimate of drug-likeness (QED) is 0.378. The third-order valence-electron chi connectivity index (χ3n) is 4.99. The van der Waals surface area contributed by atoms with Crippen LogP contribution in [0.15, 0.2) is 58.7 Å². The Bertz CT molecular complexity index is 779. The Morgan fingerprint density at radius 2 is 1.75 bits per heavy atom. The number of carbonyl (C=O) groups excluding carboxylic acids is 3. The molecule has 2 amide bonds. The van der Waals surface area contributed by atoms with E-state index in [1.165, 1.54) is 36.5 Å². The van der Waals surface area contributed by atoms with E-state index in [1.54, 1.807) is 13.0 Å². The predicted octanol–water partition coefficient (Wildman–Crippen LogP) is 4.74. The second kappa shape index (κ2) is 10.0. The summed E-state index contributed by atoms with van der Waals surface area (Å²) in [7, 11) is 0. The molecule has 0 aromatic carbocycles. The summed E-state index contributed by atoms with van der Waals surface area (Å²) in [4.78, 5) is 39.5. The maximum atomic E-state index is 11.8. The molecular weight excluding hydrogens is 354 g/mol. The summed E-state index contributed by atoms with van der Waals surface area (Å²) < 4.78 is 0. The van der Waals surface area contributed by atoms with Gasteiger partial charge in [0.05, 0.1) is 0 Å². The van der Waals surface area contributed by atoms with Crippen molar-refractivity contribution in [2.75, 3.05) is 0 Å². The van der Waals surface area contributed by atoms with Crippen molar-refractivity contribution >= 4 is 17.8 Å². The van der Waals surface area contributed by atoms with Crippen LogP contribution in [0.5, 0.6) is 0 Å². The molecule has 1 saturated heterocycles. The molecule has 0 radical (unpaired) electrons. The molecule has 0 aromatic heterocycles. The summed E-state index contributed by atoms with van der Waals surface area (Å²) in [6.45, 7) is 8.27. The van der Waals surface area contributed by atoms with Gasteiger partial charge in [-0.05, 0) is 57.1 Å². The van der Waals surface area contributed by atoms with Gasteiger partial charge in [-0.15, -0.1) is 5.06 Å². The first-order valence-corrected chi connectivity index (χ1v) is 9.76. The molecule has 2 aliphatic rings. The van der Waals surface area contributed by atoms with Crippen LogP contribution in [-0.2, 0) is 19.2 Å². The number of amides is 2. The molecule has 5 nitrogen and oxygen atoms in total. The molecule has 0 N–H and O–H groups in total. The number of rotatable bonds is 6. The molecule has 0 aromatic rings. The molecule has 150 valence electrons. The average Bonchev–Trinajstić information content (AvgIpc) is 2.93. The number of allylic oxidation sites excluding steroid dienone is 9. The minimum absolute atomic E-state index is 0.0848. The molecule has 2 rings (SSSR count). The lowest BCUT2D eigenvalue weighted by Gasteiger charge is -2.22. The smallest absolute Gasteiger partial charge is 0.326 e. The van der Waals surface area contributed by atoms with Crippen LogP contribution < -0.4 is 0 Å². The van der Waals surface area contributed by atoms with Gasteiger partial charge in [0.1, 0.15) is 0 Å². The van der Waals surface area contributed by atoms with Gasteiger partial charge in [0.15, 0.2) is 0 Å². The van der Waals surface area contributed by atoms with E-state index in [4.69, 9.17) is 4.84 Å². The zero-order valence-electron chi connectivity index (χ0n) is 17.2. The first kappa shape index (κ1) is 21.6. The van der Waals surface area contributed by atoms with Gasteiger partial charge >= 0.3 is 5.97 Å². The zero-order chi connectivity index (χ0) is 20.7. The third-order valence-corrected chi connectivity index (χ3v) is 4.99. The van der Waals surface area contributed by atoms with E-state index in [0.717, 1.165) is 5.57 Å². The Balaban J connectivity index is 1.91. The molecule has 1 fully saturated rings. The van der Waals surface area contributed by atoms with Crippen LogP contribution in [-0.4, -0.2) is 22.8 Å². The Kier molecular flexibility index (Phi) is 7.73. The van der Waals surface area contributed by atoms with Crippen molar-refractivity contribution in [1.29, 1.82) is 0 Å². The van der Waals surface area contributed by atoms with E-state index in [0.29, 0.717) is 16.6 Å². The van der Waals surface area contributed by atoms with Crippen molar-refractivity contribution in [2.45, 2.75) is 59.8 Å². The van der Waals surface area contributed by atoms with E-state index in [-0.39, 0.29) is 12.8 Å². The fraction of sp³-hybridized carbons (Fsp3) is 0.435. The van der Waals surface area contributed by atoms with Gasteiger partial charge in [-0.3, -0.25) is 9.59 Å². The van der Waals surface area contributed by atoms with Crippen molar-refractivity contribution < 1.29 is 19.2 Å². The van der Waals surface area contributed by atoms with Crippen LogP contribution in [0.2, 0.25) is 0 Å². The molecule has 0 saturated carbocycles. The highest BCUT2D eigenvalue weighted by atomic mass is 16.7. The summed E-state index contributed by atoms with van der Waals surface area (Å²) in [5, 5.41) is 0.549. The molecule has 1 unspecified atom stereocenters. The topological polar surface area (TPSA) is 63.7 Å². The lowest BCUT2D eigenvalue weighted by Crippen LogP contribution is -2.31. The van der Waals surface area contributed by atoms with Crippen molar-refractivity contribution in [3.05, 3.63) is 58.7 Å². The predicted molar refractivity (Wildman–Crippen MR) is 109 cm³/mol. The normalized spacial score (nSPS) is 22.1. The monoisotopic (exact) mass is 383 g/mol. The van der Waals surface area contributed by atoms with E-state index in [1.807, 2.05) is 19.1 Å². The minimum Gasteiger partial charge on any atom is -0.326 e. The number of hydrogen-bond acceptors (Lipinski definition) is 4. The maximum Gasteiger partial charge on any atom is 0.357 e. The first-order chi connectivity index (χ1) is 13.3. The molecule has 1 aliphatic carbocycles. The van der Waals surface area contributed by atoms with Gasteiger partial charge in [-0.1, -0.05) is 48.5 Å². The van der Waals surface area contributed by atoms with E-state index in [9.17, 15) is 14.4 Å². The number of nitrogens with zero attached hydrogens (tertiary/aromatic N) is 1. The van der Waals surface area contributed by atoms with Gasteiger partial charge in [0.2, 0.25) is 0 Å². The van der Waals surface area contributed by atoms with E-state index >= 15 is 0 Å². The van der Waals surface area contributed by atoms with Gasteiger partial charge in [0, 0.05) is 18.9 Å². The Morgan fingerprint density at radius 1 is 1.07 bits per heavy atom. The molecule has 0 bridgehead atoms. The van der Waals surface area contributed by atoms with Gasteiger partial charge in [-0.2, -0.15) is 0 Å². The summed E-state index contributed by atoms with van der Waals surface area (Å²) in [6, 6.07) is 0. The number of carbonyl (C=O) groups is 3. The van der Waals surface area contributed by atoms with Crippen LogP contribution in [0.1, 0.15) is 59.8 Å². The van der Waals surface area contributed by atoms with Gasteiger partial charge in [0.25, 0.3) is 11.8 Å². The Hall–Kier alpha value is -2.69. The lowest BCUT2D eigenvalue weighted by atomic mass is 9.84. The fourth-order valence-corrected chi connectivity index (χ4v) is 3.34. The summed E-state index contributed by atoms with van der Waals surface area (Å²) in [5.74, 6) is -1.09. The molecule has 1 heterocycles. The minimum atomic E-state index is -0.736. The molecule has 5 heteroatoms. The molecular formula is C23H29NO4. The third kappa shape index (κ3) is 6.19. The number of hydrogen-bond donors (Lipinski definition) is 0. The standard InChI is InChI=1S/C23H29NO4/c1-16(11-12-20-18(3)9-6-10-19(20)4)7-5-8-17(2)15-23(27)28-24-21(25)13-14-22(24)26/h5,7-8,11-12,15,18H,6,9-10,13-14H2,1-4H3/b8-5+,12-11+,16-7+,17-15+. The maximum absolute atomic E-state index is 11.8. The summed E-state index contributed by atoms with van der Waals surface area (Å²) in [6.07, 6.45) is 15.1. The highest BCUT2D eigenvalue weighted by Crippen LogP contribution is 2.30. The fourth-order valence-electron chi connectivity index (χ4n) is 3.34. The van der Waals surface area contributed by atoms with Crippen LogP contribution in [0.4, 0.5) is 0 Å². The second-order valence-corrected chi connectivity index (χ2v) is 7.51. The zero-order valence-corrected chi connectivity index (χ0v) is 17.2. The second-order valence-electron chi connectivity index (χ2n) is 7.51. The Morgan fingerprint density at radius 3 is 2.39 bits per heavy atom. The lowest BCUT2D eigenvalue weighted by molar-refractivity contribution is -0.193. The summed E-state index contributed by atoms with van der Waals surface area (Å²) >= 11 is 0. The first-order valence-electron chi connectivity index (χ1n) is 9.76. The highest BCUT2D eigenvalue weighted by molar-refractivity contribution is 6.02. The van der Waals surface area contributed by atoms with Crippen molar-refractivity contribution in [1.82, 2.24) is 5.06 Å². The molecule has 1 atom stereocenters. The molecule has 1 aliphatic heterocycles. The molecule has 0 spiro atoms. The van der Waals surface area contributed by atoms with Crippen molar-refractivity contribution in [3.8, 4) is 0 Å². The highest BCUT2D eigenvalue weighted by Gasteiger charge is 2.32.